The number of phenols is 2. The van der Waals surface area contributed by atoms with Gasteiger partial charge < -0.3 is 60.5 Å². The van der Waals surface area contributed by atoms with E-state index in [1.54, 1.807) is 0 Å². The Morgan fingerprint density at radius 3 is 1.20 bits per heavy atom. The van der Waals surface area contributed by atoms with Crippen molar-refractivity contribution in [3.05, 3.63) is 23.3 Å². The third-order valence-corrected chi connectivity index (χ3v) is 5.59. The van der Waals surface area contributed by atoms with Crippen molar-refractivity contribution in [2.24, 2.45) is 0 Å². The first-order valence-corrected chi connectivity index (χ1v) is 9.29. The molecule has 12 nitrogen and oxygen atoms in total. The molecule has 2 aliphatic rings. The number of hydrogen-bond donors (Lipinski definition) is 10. The minimum absolute atomic E-state index is 0.337. The van der Waals surface area contributed by atoms with Crippen molar-refractivity contribution >= 4 is 0 Å². The minimum atomic E-state index is -1.82. The molecule has 2 heterocycles. The van der Waals surface area contributed by atoms with E-state index in [1.165, 1.54) is 0 Å². The van der Waals surface area contributed by atoms with Crippen molar-refractivity contribution in [2.75, 3.05) is 13.2 Å². The van der Waals surface area contributed by atoms with Gasteiger partial charge in [-0.05, 0) is 12.1 Å². The Balaban J connectivity index is 2.10. The quantitative estimate of drug-likeness (QED) is 0.206. The summed E-state index contributed by atoms with van der Waals surface area (Å²) in [5, 5.41) is 101. The molecule has 0 saturated carbocycles. The second-order valence-corrected chi connectivity index (χ2v) is 7.43. The van der Waals surface area contributed by atoms with E-state index in [1.807, 2.05) is 0 Å². The molecule has 0 radical (unpaired) electrons. The summed E-state index contributed by atoms with van der Waals surface area (Å²) in [7, 11) is 0. The molecule has 0 spiro atoms. The normalized spacial score (nSPS) is 42.3. The Hall–Kier alpha value is -1.58. The molecule has 0 amide bonds. The molecule has 0 aliphatic carbocycles. The van der Waals surface area contributed by atoms with Crippen LogP contribution >= 0.6 is 0 Å². The maximum Gasteiger partial charge on any atom is 0.122 e. The van der Waals surface area contributed by atoms with Crippen LogP contribution in [0.1, 0.15) is 23.3 Å². The lowest BCUT2D eigenvalue weighted by Gasteiger charge is -2.43. The van der Waals surface area contributed by atoms with E-state index in [2.05, 4.69) is 0 Å². The second kappa shape index (κ2) is 8.88. The molecule has 170 valence electrons. The average molecular weight is 434 g/mol. The van der Waals surface area contributed by atoms with E-state index >= 15 is 0 Å². The fourth-order valence-corrected chi connectivity index (χ4v) is 3.89. The number of ether oxygens (including phenoxy) is 2. The molecule has 2 fully saturated rings. The Morgan fingerprint density at radius 2 is 0.900 bits per heavy atom. The summed E-state index contributed by atoms with van der Waals surface area (Å²) in [6.07, 6.45) is -16.4. The molecule has 2 aliphatic heterocycles. The first-order chi connectivity index (χ1) is 14.1. The van der Waals surface area contributed by atoms with E-state index in [0.717, 1.165) is 12.1 Å². The van der Waals surface area contributed by atoms with Gasteiger partial charge in [0.2, 0.25) is 0 Å². The van der Waals surface area contributed by atoms with Gasteiger partial charge in [-0.15, -0.1) is 0 Å². The molecule has 10 atom stereocenters. The molecule has 0 bridgehead atoms. The van der Waals surface area contributed by atoms with E-state index < -0.39 is 85.8 Å². The lowest BCUT2D eigenvalue weighted by molar-refractivity contribution is -0.238. The van der Waals surface area contributed by atoms with Crippen LogP contribution in [0, 0.1) is 0 Å². The van der Waals surface area contributed by atoms with Crippen LogP contribution in [0.3, 0.4) is 0 Å². The third kappa shape index (κ3) is 3.76. The van der Waals surface area contributed by atoms with Crippen LogP contribution in [0.5, 0.6) is 11.5 Å². The Labute approximate surface area is 170 Å². The van der Waals surface area contributed by atoms with Gasteiger partial charge >= 0.3 is 0 Å². The van der Waals surface area contributed by atoms with Crippen LogP contribution in [0.4, 0.5) is 0 Å². The highest BCUT2D eigenvalue weighted by Gasteiger charge is 2.50. The summed E-state index contributed by atoms with van der Waals surface area (Å²) in [6, 6.07) is 2.08. The molecular formula is C18H26O12. The SMILES string of the molecule is OC[C@H]1OC(c2c(O)ccc(O)c2C2O[C@H](CO)[C@H](O)[C@H](O)[C@H]2O)[C@H](O)[C@@H](O)[C@H]1O. The monoisotopic (exact) mass is 434 g/mol. The second-order valence-electron chi connectivity index (χ2n) is 7.43. The standard InChI is InChI=1S/C18H26O12/c19-3-7-11(23)13(25)15(27)17(29-7)9-5(21)1-2-6(22)10(9)18-16(28)14(26)12(24)8(4-20)30-18/h1-2,7-8,11-28H,3-4H2/t7-,8-,11+,12+,13+,14+,15-,16-,17?,18?/m1/s1. The molecule has 12 heteroatoms. The van der Waals surface area contributed by atoms with Crippen molar-refractivity contribution in [2.45, 2.75) is 61.0 Å². The van der Waals surface area contributed by atoms with Crippen LogP contribution in [-0.2, 0) is 9.47 Å². The lowest BCUT2D eigenvalue weighted by Crippen LogP contribution is -2.56. The molecule has 2 unspecified atom stereocenters. The highest BCUT2D eigenvalue weighted by atomic mass is 16.6. The number of aliphatic hydroxyl groups is 8. The zero-order valence-corrected chi connectivity index (χ0v) is 15.6. The highest BCUT2D eigenvalue weighted by molar-refractivity contribution is 5.51. The zero-order chi connectivity index (χ0) is 22.3. The van der Waals surface area contributed by atoms with Crippen LogP contribution in [0.2, 0.25) is 0 Å². The van der Waals surface area contributed by atoms with E-state index in [-0.39, 0.29) is 11.1 Å². The summed E-state index contributed by atoms with van der Waals surface area (Å²) >= 11 is 0. The summed E-state index contributed by atoms with van der Waals surface area (Å²) < 4.78 is 10.9. The van der Waals surface area contributed by atoms with Gasteiger partial charge in [0.25, 0.3) is 0 Å². The van der Waals surface area contributed by atoms with Gasteiger partial charge in [0, 0.05) is 11.1 Å². The molecule has 3 rings (SSSR count). The van der Waals surface area contributed by atoms with Gasteiger partial charge in [0.15, 0.2) is 0 Å². The Kier molecular flexibility index (Phi) is 6.84. The van der Waals surface area contributed by atoms with Gasteiger partial charge in [-0.2, -0.15) is 0 Å². The molecule has 1 aromatic carbocycles. The maximum atomic E-state index is 10.4. The molecule has 0 aromatic heterocycles. The minimum Gasteiger partial charge on any atom is -0.508 e. The molecule has 2 saturated heterocycles. The van der Waals surface area contributed by atoms with Crippen LogP contribution in [0.25, 0.3) is 0 Å². The first-order valence-electron chi connectivity index (χ1n) is 9.29. The number of aliphatic hydroxyl groups excluding tert-OH is 8. The summed E-state index contributed by atoms with van der Waals surface area (Å²) in [6.45, 7) is -1.48. The number of benzene rings is 1. The molecule has 30 heavy (non-hydrogen) atoms. The van der Waals surface area contributed by atoms with Crippen LogP contribution in [0.15, 0.2) is 12.1 Å². The van der Waals surface area contributed by atoms with Gasteiger partial charge in [-0.25, -0.2) is 0 Å². The van der Waals surface area contributed by atoms with Crippen LogP contribution in [-0.4, -0.2) is 113 Å². The number of hydrogen-bond acceptors (Lipinski definition) is 12. The first kappa shape index (κ1) is 23.1. The molecule has 10 N–H and O–H groups in total. The van der Waals surface area contributed by atoms with Crippen molar-refractivity contribution in [3.63, 3.8) is 0 Å². The fraction of sp³-hybridized carbons (Fsp3) is 0.667. The predicted molar refractivity (Wildman–Crippen MR) is 95.2 cm³/mol. The maximum absolute atomic E-state index is 10.4. The predicted octanol–water partition coefficient (Wildman–Crippen LogP) is -3.87. The number of aromatic hydroxyl groups is 2. The van der Waals surface area contributed by atoms with E-state index in [9.17, 15) is 51.1 Å². The van der Waals surface area contributed by atoms with Crippen molar-refractivity contribution in [1.82, 2.24) is 0 Å². The number of rotatable bonds is 4. The van der Waals surface area contributed by atoms with Crippen molar-refractivity contribution in [3.8, 4) is 11.5 Å². The van der Waals surface area contributed by atoms with E-state index in [0.29, 0.717) is 0 Å². The Morgan fingerprint density at radius 1 is 0.567 bits per heavy atom. The van der Waals surface area contributed by atoms with Gasteiger partial charge in [-0.1, -0.05) is 0 Å². The fourth-order valence-electron chi connectivity index (χ4n) is 3.89. The van der Waals surface area contributed by atoms with E-state index in [4.69, 9.17) is 9.47 Å². The van der Waals surface area contributed by atoms with Crippen LogP contribution < -0.4 is 0 Å². The lowest BCUT2D eigenvalue weighted by atomic mass is 9.83. The summed E-state index contributed by atoms with van der Waals surface area (Å²) in [5.74, 6) is -1.10. The highest BCUT2D eigenvalue weighted by Crippen LogP contribution is 2.47. The van der Waals surface area contributed by atoms with Gasteiger partial charge in [0.05, 0.1) is 13.2 Å². The molecular weight excluding hydrogens is 408 g/mol. The third-order valence-electron chi connectivity index (χ3n) is 5.59. The topological polar surface area (TPSA) is 221 Å². The largest absolute Gasteiger partial charge is 0.508 e. The average Bonchev–Trinajstić information content (AvgIpc) is 2.73. The Bertz CT molecular complexity index is 679. The molecule has 1 aromatic rings. The van der Waals surface area contributed by atoms with Crippen molar-refractivity contribution in [1.29, 1.82) is 0 Å². The van der Waals surface area contributed by atoms with Crippen molar-refractivity contribution < 1.29 is 60.5 Å². The van der Waals surface area contributed by atoms with Gasteiger partial charge in [-0.3, -0.25) is 0 Å². The summed E-state index contributed by atoms with van der Waals surface area (Å²) in [4.78, 5) is 0. The smallest absolute Gasteiger partial charge is 0.122 e. The van der Waals surface area contributed by atoms with Gasteiger partial charge in [0.1, 0.15) is 72.5 Å². The summed E-state index contributed by atoms with van der Waals surface area (Å²) in [5.41, 5.74) is -0.674. The number of phenolic OH excluding ortho intramolecular Hbond substituents is 2. The zero-order valence-electron chi connectivity index (χ0n) is 15.6.